The van der Waals surface area contributed by atoms with Gasteiger partial charge in [0.2, 0.25) is 6.71 Å². The second kappa shape index (κ2) is 13.7. The standard InChI is InChI=1S/C54H38BNS/c1-6-18-39(19-7-1)42-30-33-45(34-31-42)56-50-35-32-43(40-20-8-2-9-21-40)36-49(50)55-48-28-16-17-29-52(48)57(46-24-12-4-13-25-46,47-26-14-5-15-27-47)53-38-44(37-51(56)54(53)55)41-22-10-3-11-23-41/h1-38H. The number of anilines is 3. The lowest BCUT2D eigenvalue weighted by molar-refractivity contribution is 1.22. The quantitative estimate of drug-likeness (QED) is 0.153. The van der Waals surface area contributed by atoms with Crippen molar-refractivity contribution in [2.24, 2.45) is 0 Å². The van der Waals surface area contributed by atoms with Gasteiger partial charge < -0.3 is 4.90 Å². The summed E-state index contributed by atoms with van der Waals surface area (Å²) in [5, 5.41) is 0. The number of rotatable bonds is 6. The zero-order chi connectivity index (χ0) is 37.8. The molecule has 57 heavy (non-hydrogen) atoms. The largest absolute Gasteiger partial charge is 0.311 e. The van der Waals surface area contributed by atoms with Gasteiger partial charge in [0, 0.05) is 31.7 Å². The fourth-order valence-electron chi connectivity index (χ4n) is 9.27. The van der Waals surface area contributed by atoms with Crippen LogP contribution < -0.4 is 21.3 Å². The molecule has 0 N–H and O–H groups in total. The molecule has 268 valence electrons. The Balaban J connectivity index is 1.28. The topological polar surface area (TPSA) is 3.24 Å². The summed E-state index contributed by atoms with van der Waals surface area (Å²) in [6.45, 7) is 0.0302. The Morgan fingerprint density at radius 3 is 1.39 bits per heavy atom. The van der Waals surface area contributed by atoms with E-state index in [-0.39, 0.29) is 6.71 Å². The van der Waals surface area contributed by atoms with Crippen molar-refractivity contribution in [3.05, 3.63) is 231 Å². The number of fused-ring (bicyclic) bond motifs is 4. The van der Waals surface area contributed by atoms with E-state index in [0.29, 0.717) is 0 Å². The van der Waals surface area contributed by atoms with Gasteiger partial charge in [0.1, 0.15) is 0 Å². The molecule has 0 amide bonds. The van der Waals surface area contributed by atoms with Gasteiger partial charge in [-0.1, -0.05) is 175 Å². The van der Waals surface area contributed by atoms with Gasteiger partial charge in [-0.2, -0.15) is 0 Å². The van der Waals surface area contributed by atoms with Crippen LogP contribution in [0.5, 0.6) is 0 Å². The molecular weight excluding hydrogens is 705 g/mol. The first-order valence-corrected chi connectivity index (χ1v) is 21.3. The highest BCUT2D eigenvalue weighted by Crippen LogP contribution is 2.74. The maximum Gasteiger partial charge on any atom is 0.249 e. The third-order valence-corrected chi connectivity index (χ3v) is 15.7. The molecule has 0 aromatic heterocycles. The predicted molar refractivity (Wildman–Crippen MR) is 242 cm³/mol. The third kappa shape index (κ3) is 5.34. The monoisotopic (exact) mass is 743 g/mol. The van der Waals surface area contributed by atoms with Gasteiger partial charge >= 0.3 is 0 Å². The highest BCUT2D eigenvalue weighted by Gasteiger charge is 2.49. The van der Waals surface area contributed by atoms with Crippen molar-refractivity contribution in [1.29, 1.82) is 0 Å². The van der Waals surface area contributed by atoms with Crippen LogP contribution in [0.3, 0.4) is 0 Å². The molecule has 0 saturated heterocycles. The van der Waals surface area contributed by atoms with Gasteiger partial charge in [-0.05, 0) is 110 Å². The number of hydrogen-bond donors (Lipinski definition) is 0. The van der Waals surface area contributed by atoms with Crippen LogP contribution in [0.2, 0.25) is 0 Å². The lowest BCUT2D eigenvalue weighted by atomic mass is 9.34. The normalized spacial score (nSPS) is 13.9. The van der Waals surface area contributed by atoms with Gasteiger partial charge in [-0.15, -0.1) is 10.0 Å². The van der Waals surface area contributed by atoms with Crippen molar-refractivity contribution < 1.29 is 0 Å². The molecule has 9 aromatic rings. The molecule has 9 aromatic carbocycles. The van der Waals surface area contributed by atoms with Crippen molar-refractivity contribution in [2.45, 2.75) is 19.6 Å². The van der Waals surface area contributed by atoms with E-state index in [1.165, 1.54) is 80.7 Å². The minimum atomic E-state index is -1.98. The number of hydrogen-bond acceptors (Lipinski definition) is 1. The summed E-state index contributed by atoms with van der Waals surface area (Å²) in [5.74, 6) is 0. The van der Waals surface area contributed by atoms with E-state index >= 15 is 0 Å². The summed E-state index contributed by atoms with van der Waals surface area (Å²) >= 11 is 0. The summed E-state index contributed by atoms with van der Waals surface area (Å²) in [5.41, 5.74) is 15.0. The molecular formula is C54H38BNS. The van der Waals surface area contributed by atoms with Crippen LogP contribution in [0.25, 0.3) is 33.4 Å². The minimum Gasteiger partial charge on any atom is -0.311 e. The lowest BCUT2D eigenvalue weighted by Crippen LogP contribution is -2.61. The van der Waals surface area contributed by atoms with Crippen molar-refractivity contribution in [3.63, 3.8) is 0 Å². The molecule has 3 heteroatoms. The molecule has 2 heterocycles. The lowest BCUT2D eigenvalue weighted by Gasteiger charge is -2.51. The smallest absolute Gasteiger partial charge is 0.249 e. The van der Waals surface area contributed by atoms with E-state index in [9.17, 15) is 0 Å². The average molecular weight is 744 g/mol. The Kier molecular flexibility index (Phi) is 8.08. The first-order valence-electron chi connectivity index (χ1n) is 19.7. The maximum absolute atomic E-state index is 2.55. The van der Waals surface area contributed by atoms with Crippen LogP contribution in [-0.4, -0.2) is 6.71 Å². The molecule has 11 rings (SSSR count). The Morgan fingerprint density at radius 1 is 0.316 bits per heavy atom. The zero-order valence-corrected chi connectivity index (χ0v) is 32.2. The summed E-state index contributed by atoms with van der Waals surface area (Å²) in [4.78, 5) is 8.05. The van der Waals surface area contributed by atoms with E-state index in [1.54, 1.807) is 0 Å². The first-order chi connectivity index (χ1) is 28.3. The summed E-state index contributed by atoms with van der Waals surface area (Å²) in [6.07, 6.45) is 0. The molecule has 0 saturated carbocycles. The number of benzene rings is 9. The van der Waals surface area contributed by atoms with E-state index < -0.39 is 10.0 Å². The van der Waals surface area contributed by atoms with Gasteiger partial charge in [-0.25, -0.2) is 0 Å². The molecule has 0 aliphatic carbocycles. The zero-order valence-electron chi connectivity index (χ0n) is 31.4. The molecule has 2 aliphatic rings. The van der Waals surface area contributed by atoms with Crippen molar-refractivity contribution in [1.82, 2.24) is 0 Å². The molecule has 0 spiro atoms. The second-order valence-electron chi connectivity index (χ2n) is 14.9. The first kappa shape index (κ1) is 33.5. The van der Waals surface area contributed by atoms with E-state index in [1.807, 2.05) is 0 Å². The van der Waals surface area contributed by atoms with Gasteiger partial charge in [0.15, 0.2) is 0 Å². The van der Waals surface area contributed by atoms with E-state index in [4.69, 9.17) is 0 Å². The second-order valence-corrected chi connectivity index (χ2v) is 17.9. The SMILES string of the molecule is c1ccc(-c2ccc(N3c4ccc(-c5ccccc5)cc4B4c5ccccc5S(c5ccccc5)(c5ccccc5)c5cc(-c6ccccc6)cc3c54)cc2)cc1. The fraction of sp³-hybridized carbons (Fsp3) is 0. The summed E-state index contributed by atoms with van der Waals surface area (Å²) < 4.78 is 0. The molecule has 0 atom stereocenters. The molecule has 0 bridgehead atoms. The Morgan fingerprint density at radius 2 is 0.789 bits per heavy atom. The van der Waals surface area contributed by atoms with E-state index in [0.717, 1.165) is 5.69 Å². The third-order valence-electron chi connectivity index (χ3n) is 11.8. The Labute approximate surface area is 337 Å². The molecule has 0 radical (unpaired) electrons. The highest BCUT2D eigenvalue weighted by molar-refractivity contribution is 8.34. The average Bonchev–Trinajstić information content (AvgIpc) is 3.30. The Hall–Kier alpha value is -6.81. The van der Waals surface area contributed by atoms with Crippen LogP contribution in [-0.2, 0) is 0 Å². The van der Waals surface area contributed by atoms with Crippen molar-refractivity contribution in [2.75, 3.05) is 4.90 Å². The van der Waals surface area contributed by atoms with Gasteiger partial charge in [0.25, 0.3) is 0 Å². The summed E-state index contributed by atoms with van der Waals surface area (Å²) in [7, 11) is -1.98. The molecule has 1 nitrogen and oxygen atoms in total. The van der Waals surface area contributed by atoms with E-state index in [2.05, 4.69) is 235 Å². The minimum absolute atomic E-state index is 0.0302. The Bertz CT molecular complexity index is 2840. The maximum atomic E-state index is 2.55. The number of nitrogens with zero attached hydrogens (tertiary/aromatic N) is 1. The van der Waals surface area contributed by atoms with Crippen molar-refractivity contribution >= 4 is 50.2 Å². The fourth-order valence-corrected chi connectivity index (χ4v) is 13.6. The summed E-state index contributed by atoms with van der Waals surface area (Å²) in [6, 6.07) is 85.8. The van der Waals surface area contributed by atoms with Crippen LogP contribution in [0.1, 0.15) is 0 Å². The van der Waals surface area contributed by atoms with Gasteiger partial charge in [-0.3, -0.25) is 0 Å². The van der Waals surface area contributed by atoms with Gasteiger partial charge in [0.05, 0.1) is 0 Å². The van der Waals surface area contributed by atoms with Crippen LogP contribution in [0.15, 0.2) is 250 Å². The predicted octanol–water partition coefficient (Wildman–Crippen LogP) is 12.6. The molecule has 0 unspecified atom stereocenters. The van der Waals surface area contributed by atoms with Crippen LogP contribution in [0, 0.1) is 0 Å². The molecule has 2 aliphatic heterocycles. The highest BCUT2D eigenvalue weighted by atomic mass is 32.3. The molecule has 0 fully saturated rings. The van der Waals surface area contributed by atoms with Crippen LogP contribution >= 0.6 is 10.0 Å². The van der Waals surface area contributed by atoms with Crippen molar-refractivity contribution in [3.8, 4) is 33.4 Å². The van der Waals surface area contributed by atoms with Crippen LogP contribution in [0.4, 0.5) is 17.1 Å².